The molecule has 1 amide bonds. The molecule has 5 rings (SSSR count). The van der Waals surface area contributed by atoms with Crippen LogP contribution in [-0.4, -0.2) is 57.4 Å². The third-order valence-electron chi connectivity index (χ3n) is 6.43. The minimum absolute atomic E-state index is 0.0764. The van der Waals surface area contributed by atoms with Crippen molar-refractivity contribution < 1.29 is 9.53 Å². The van der Waals surface area contributed by atoms with E-state index in [1.54, 1.807) is 0 Å². The molecule has 4 fully saturated rings. The fourth-order valence-corrected chi connectivity index (χ4v) is 5.64. The normalized spacial score (nSPS) is 37.8. The maximum Gasteiger partial charge on any atom is 0.272 e. The van der Waals surface area contributed by atoms with Crippen LogP contribution < -0.4 is 5.32 Å². The molecule has 6 nitrogen and oxygen atoms in total. The summed E-state index contributed by atoms with van der Waals surface area (Å²) in [6.07, 6.45) is 5.47. The summed E-state index contributed by atoms with van der Waals surface area (Å²) in [6, 6.07) is 0. The lowest BCUT2D eigenvalue weighted by molar-refractivity contribution is 0.00244. The zero-order valence-corrected chi connectivity index (χ0v) is 14.8. The maximum atomic E-state index is 12.3. The molecule has 130 valence electrons. The van der Waals surface area contributed by atoms with Crippen LogP contribution in [0, 0.1) is 24.7 Å². The van der Waals surface area contributed by atoms with Gasteiger partial charge in [-0.3, -0.25) is 9.69 Å². The highest BCUT2D eigenvalue weighted by Crippen LogP contribution is 2.55. The Kier molecular flexibility index (Phi) is 3.47. The smallest absolute Gasteiger partial charge is 0.272 e. The molecule has 4 atom stereocenters. The van der Waals surface area contributed by atoms with E-state index in [-0.39, 0.29) is 11.5 Å². The van der Waals surface area contributed by atoms with Crippen LogP contribution in [0.25, 0.3) is 0 Å². The summed E-state index contributed by atoms with van der Waals surface area (Å²) in [5.41, 5.74) is 1.27. The highest BCUT2D eigenvalue weighted by Gasteiger charge is 2.62. The lowest BCUT2D eigenvalue weighted by Gasteiger charge is -2.29. The molecule has 0 aromatic carbocycles. The Balaban J connectivity index is 1.25. The molecule has 4 aliphatic rings. The van der Waals surface area contributed by atoms with E-state index < -0.39 is 0 Å². The minimum atomic E-state index is -0.0918. The Hall–Kier alpha value is -1.05. The van der Waals surface area contributed by atoms with E-state index in [4.69, 9.17) is 4.74 Å². The molecule has 4 heterocycles. The highest BCUT2D eigenvalue weighted by atomic mass is 32.1. The van der Waals surface area contributed by atoms with Gasteiger partial charge in [0, 0.05) is 38.0 Å². The number of amides is 1. The number of aryl methyl sites for hydroxylation is 1. The quantitative estimate of drug-likeness (QED) is 0.873. The van der Waals surface area contributed by atoms with E-state index in [1.165, 1.54) is 25.8 Å². The van der Waals surface area contributed by atoms with Crippen LogP contribution in [0.5, 0.6) is 0 Å². The predicted octanol–water partition coefficient (Wildman–Crippen LogP) is 1.47. The Bertz CT molecular complexity index is 661. The zero-order valence-electron chi connectivity index (χ0n) is 14.0. The van der Waals surface area contributed by atoms with Crippen molar-refractivity contribution in [2.24, 2.45) is 17.8 Å². The molecule has 1 spiro atoms. The third kappa shape index (κ3) is 2.40. The van der Waals surface area contributed by atoms with Gasteiger partial charge in [-0.25, -0.2) is 0 Å². The van der Waals surface area contributed by atoms with Crippen LogP contribution in [0.1, 0.15) is 41.9 Å². The fraction of sp³-hybridized carbons (Fsp3) is 0.824. The molecule has 24 heavy (non-hydrogen) atoms. The fourth-order valence-electron chi connectivity index (χ4n) is 5.10. The summed E-state index contributed by atoms with van der Waals surface area (Å²) in [7, 11) is 0. The number of ether oxygens (including phenoxy) is 1. The summed E-state index contributed by atoms with van der Waals surface area (Å²) in [5.74, 6) is 1.85. The second-order valence-electron chi connectivity index (χ2n) is 8.08. The van der Waals surface area contributed by atoms with Crippen molar-refractivity contribution in [3.8, 4) is 0 Å². The monoisotopic (exact) mass is 348 g/mol. The molecular formula is C17H24N4O2S. The Morgan fingerprint density at radius 3 is 3.04 bits per heavy atom. The summed E-state index contributed by atoms with van der Waals surface area (Å²) in [6.45, 7) is 6.02. The van der Waals surface area contributed by atoms with Crippen molar-refractivity contribution in [3.63, 3.8) is 0 Å². The van der Waals surface area contributed by atoms with Gasteiger partial charge in [0.05, 0.1) is 29.1 Å². The minimum Gasteiger partial charge on any atom is -0.370 e. The Labute approximate surface area is 146 Å². The van der Waals surface area contributed by atoms with Crippen molar-refractivity contribution in [2.75, 3.05) is 26.2 Å². The number of hydrogen-bond acceptors (Lipinski definition) is 6. The van der Waals surface area contributed by atoms with Crippen LogP contribution in [-0.2, 0) is 4.74 Å². The van der Waals surface area contributed by atoms with Crippen molar-refractivity contribution in [3.05, 3.63) is 11.4 Å². The van der Waals surface area contributed by atoms with Gasteiger partial charge in [0.2, 0.25) is 0 Å². The standard InChI is InChI=1S/C17H24N4O2S/c1-10-15(20-24-19-10)16(22)18-6-12-13-8-21(7-11-2-3-11)9-17(13)5-4-14(12)23-17/h11-14H,2-9H2,1H3,(H,18,22)/t12-,13+,14+,17+/m0/s1. The molecule has 2 bridgehead atoms. The molecule has 3 aliphatic heterocycles. The van der Waals surface area contributed by atoms with Crippen LogP contribution in [0.2, 0.25) is 0 Å². The molecule has 3 saturated heterocycles. The molecule has 1 saturated carbocycles. The van der Waals surface area contributed by atoms with Gasteiger partial charge in [0.25, 0.3) is 5.91 Å². The SMILES string of the molecule is Cc1nsnc1C(=O)NC[C@H]1[C@H]2CN(CC3CC3)C[C@]23CC[C@H]1O3. The number of likely N-dealkylation sites (tertiary alicyclic amines) is 1. The van der Waals surface area contributed by atoms with E-state index in [9.17, 15) is 4.79 Å². The van der Waals surface area contributed by atoms with Gasteiger partial charge in [0.15, 0.2) is 5.69 Å². The molecular weight excluding hydrogens is 324 g/mol. The third-order valence-corrected chi connectivity index (χ3v) is 7.05. The van der Waals surface area contributed by atoms with E-state index in [0.29, 0.717) is 30.2 Å². The van der Waals surface area contributed by atoms with Crippen molar-refractivity contribution in [1.29, 1.82) is 0 Å². The Morgan fingerprint density at radius 1 is 1.42 bits per heavy atom. The zero-order chi connectivity index (χ0) is 16.3. The second kappa shape index (κ2) is 5.47. The topological polar surface area (TPSA) is 67.4 Å². The van der Waals surface area contributed by atoms with Crippen molar-refractivity contribution >= 4 is 17.6 Å². The lowest BCUT2D eigenvalue weighted by atomic mass is 9.73. The molecule has 1 N–H and O–H groups in total. The molecule has 1 aromatic heterocycles. The average Bonchev–Trinajstić information content (AvgIpc) is 2.91. The van der Waals surface area contributed by atoms with Crippen LogP contribution >= 0.6 is 11.7 Å². The predicted molar refractivity (Wildman–Crippen MR) is 90.0 cm³/mol. The van der Waals surface area contributed by atoms with Crippen LogP contribution in [0.4, 0.5) is 0 Å². The average molecular weight is 348 g/mol. The second-order valence-corrected chi connectivity index (χ2v) is 8.60. The largest absolute Gasteiger partial charge is 0.370 e. The van der Waals surface area contributed by atoms with Gasteiger partial charge < -0.3 is 10.1 Å². The first kappa shape index (κ1) is 15.2. The number of nitrogens with one attached hydrogen (secondary N) is 1. The number of carbonyl (C=O) groups is 1. The first-order valence-corrected chi connectivity index (χ1v) is 9.85. The number of fused-ring (bicyclic) bond motifs is 1. The van der Waals surface area contributed by atoms with Gasteiger partial charge in [-0.1, -0.05) is 0 Å². The molecule has 1 aliphatic carbocycles. The van der Waals surface area contributed by atoms with Crippen LogP contribution in [0.3, 0.4) is 0 Å². The Morgan fingerprint density at radius 2 is 2.29 bits per heavy atom. The van der Waals surface area contributed by atoms with Gasteiger partial charge in [-0.05, 0) is 38.5 Å². The van der Waals surface area contributed by atoms with Gasteiger partial charge >= 0.3 is 0 Å². The van der Waals surface area contributed by atoms with Gasteiger partial charge in [-0.15, -0.1) is 0 Å². The summed E-state index contributed by atoms with van der Waals surface area (Å²) >= 11 is 1.10. The first-order chi connectivity index (χ1) is 11.6. The molecule has 0 unspecified atom stereocenters. The number of carbonyl (C=O) groups excluding carboxylic acids is 1. The summed E-state index contributed by atoms with van der Waals surface area (Å²) < 4.78 is 14.7. The molecule has 1 aromatic rings. The molecule has 7 heteroatoms. The lowest BCUT2D eigenvalue weighted by Crippen LogP contribution is -2.42. The van der Waals surface area contributed by atoms with E-state index in [1.807, 2.05) is 6.92 Å². The number of rotatable bonds is 5. The van der Waals surface area contributed by atoms with E-state index >= 15 is 0 Å². The molecule has 0 radical (unpaired) electrons. The first-order valence-electron chi connectivity index (χ1n) is 9.12. The highest BCUT2D eigenvalue weighted by molar-refractivity contribution is 6.99. The van der Waals surface area contributed by atoms with Gasteiger partial charge in [-0.2, -0.15) is 8.75 Å². The van der Waals surface area contributed by atoms with Crippen LogP contribution in [0.15, 0.2) is 0 Å². The maximum absolute atomic E-state index is 12.3. The number of aromatic nitrogens is 2. The van der Waals surface area contributed by atoms with E-state index in [0.717, 1.165) is 42.9 Å². The van der Waals surface area contributed by atoms with Crippen molar-refractivity contribution in [2.45, 2.75) is 44.3 Å². The van der Waals surface area contributed by atoms with Crippen molar-refractivity contribution in [1.82, 2.24) is 19.0 Å². The summed E-state index contributed by atoms with van der Waals surface area (Å²) in [4.78, 5) is 15.0. The summed E-state index contributed by atoms with van der Waals surface area (Å²) in [5, 5.41) is 3.10. The van der Waals surface area contributed by atoms with Gasteiger partial charge in [0.1, 0.15) is 0 Å². The number of nitrogens with zero attached hydrogens (tertiary/aromatic N) is 3. The number of hydrogen-bond donors (Lipinski definition) is 1. The van der Waals surface area contributed by atoms with E-state index in [2.05, 4.69) is 19.0 Å².